The molecule has 0 aliphatic heterocycles. The van der Waals surface area contributed by atoms with E-state index in [0.29, 0.717) is 12.1 Å². The average molecular weight is 169 g/mol. The van der Waals surface area contributed by atoms with Gasteiger partial charge in [0.25, 0.3) is 0 Å². The zero-order valence-corrected chi connectivity index (χ0v) is 7.13. The van der Waals surface area contributed by atoms with E-state index in [1.54, 1.807) is 13.8 Å². The first-order chi connectivity index (χ1) is 5.50. The molecule has 0 heterocycles. The first kappa shape index (κ1) is 8.90. The third kappa shape index (κ3) is 1.13. The molecule has 0 atom stereocenters. The van der Waals surface area contributed by atoms with Crippen LogP contribution in [0.5, 0.6) is 0 Å². The molecule has 4 heteroatoms. The molecule has 66 valence electrons. The standard InChI is InChI=1S/C8H11NO3/c1-8(2)6(9-12)4-3-5(10)7(8)11/h12H,3-4H2,1-2H3/b9-6+. The fourth-order valence-electron chi connectivity index (χ4n) is 1.31. The van der Waals surface area contributed by atoms with Gasteiger partial charge in [0.2, 0.25) is 5.78 Å². The second kappa shape index (κ2) is 2.69. The van der Waals surface area contributed by atoms with Gasteiger partial charge in [-0.1, -0.05) is 5.16 Å². The molecule has 0 saturated heterocycles. The summed E-state index contributed by atoms with van der Waals surface area (Å²) in [5.41, 5.74) is -0.517. The van der Waals surface area contributed by atoms with Crippen molar-refractivity contribution in [2.75, 3.05) is 0 Å². The Hall–Kier alpha value is -1.19. The number of carbonyl (C=O) groups excluding carboxylic acids is 2. The van der Waals surface area contributed by atoms with Crippen LogP contribution < -0.4 is 0 Å². The molecular weight excluding hydrogens is 158 g/mol. The van der Waals surface area contributed by atoms with Crippen LogP contribution in [0.1, 0.15) is 26.7 Å². The second-order valence-corrected chi connectivity index (χ2v) is 3.42. The van der Waals surface area contributed by atoms with Gasteiger partial charge >= 0.3 is 0 Å². The molecule has 0 aromatic rings. The molecule has 0 bridgehead atoms. The summed E-state index contributed by atoms with van der Waals surface area (Å²) in [5, 5.41) is 11.6. The van der Waals surface area contributed by atoms with E-state index in [1.807, 2.05) is 0 Å². The average Bonchev–Trinajstić information content (AvgIpc) is 2.01. The highest BCUT2D eigenvalue weighted by Gasteiger charge is 2.41. The predicted molar refractivity (Wildman–Crippen MR) is 42.3 cm³/mol. The number of rotatable bonds is 0. The van der Waals surface area contributed by atoms with Gasteiger partial charge in [0.15, 0.2) is 5.78 Å². The number of nitrogens with zero attached hydrogens (tertiary/aromatic N) is 1. The van der Waals surface area contributed by atoms with Gasteiger partial charge in [-0.3, -0.25) is 9.59 Å². The zero-order chi connectivity index (χ0) is 9.35. The van der Waals surface area contributed by atoms with Crippen LogP contribution in [0.25, 0.3) is 0 Å². The molecule has 0 unspecified atom stereocenters. The molecule has 0 aromatic carbocycles. The van der Waals surface area contributed by atoms with Crippen molar-refractivity contribution in [1.82, 2.24) is 0 Å². The van der Waals surface area contributed by atoms with E-state index in [9.17, 15) is 9.59 Å². The maximum absolute atomic E-state index is 11.3. The largest absolute Gasteiger partial charge is 0.411 e. The van der Waals surface area contributed by atoms with E-state index in [-0.39, 0.29) is 12.2 Å². The summed E-state index contributed by atoms with van der Waals surface area (Å²) in [6.45, 7) is 3.20. The van der Waals surface area contributed by atoms with E-state index in [0.717, 1.165) is 0 Å². The Morgan fingerprint density at radius 1 is 1.33 bits per heavy atom. The van der Waals surface area contributed by atoms with Crippen LogP contribution in [0.15, 0.2) is 5.16 Å². The Bertz CT molecular complexity index is 261. The highest BCUT2D eigenvalue weighted by Crippen LogP contribution is 2.27. The molecule has 12 heavy (non-hydrogen) atoms. The topological polar surface area (TPSA) is 66.7 Å². The summed E-state index contributed by atoms with van der Waals surface area (Å²) in [5.74, 6) is -0.825. The number of oxime groups is 1. The molecular formula is C8H11NO3. The second-order valence-electron chi connectivity index (χ2n) is 3.42. The summed E-state index contributed by atoms with van der Waals surface area (Å²) in [6.07, 6.45) is 0.551. The third-order valence-electron chi connectivity index (χ3n) is 2.25. The summed E-state index contributed by atoms with van der Waals surface area (Å²) >= 11 is 0. The molecule has 1 aliphatic rings. The van der Waals surface area contributed by atoms with Crippen LogP contribution in [0, 0.1) is 5.41 Å². The van der Waals surface area contributed by atoms with Gasteiger partial charge in [-0.2, -0.15) is 0 Å². The van der Waals surface area contributed by atoms with E-state index < -0.39 is 11.2 Å². The van der Waals surface area contributed by atoms with Gasteiger partial charge in [-0.05, 0) is 20.3 Å². The SMILES string of the molecule is CC1(C)C(=O)C(=O)CC/C1=N\O. The Morgan fingerprint density at radius 3 is 2.42 bits per heavy atom. The molecule has 1 saturated carbocycles. The molecule has 1 fully saturated rings. The smallest absolute Gasteiger partial charge is 0.209 e. The van der Waals surface area contributed by atoms with E-state index in [4.69, 9.17) is 5.21 Å². The molecule has 1 rings (SSSR count). The number of Topliss-reactive ketones (excluding diaryl/α,β-unsaturated/α-hetero) is 2. The summed E-state index contributed by atoms with van der Waals surface area (Å²) < 4.78 is 0. The van der Waals surface area contributed by atoms with Crippen LogP contribution in [-0.4, -0.2) is 22.5 Å². The predicted octanol–water partition coefficient (Wildman–Crippen LogP) is 0.775. The van der Waals surface area contributed by atoms with Gasteiger partial charge in [-0.15, -0.1) is 0 Å². The molecule has 0 radical (unpaired) electrons. The number of hydrogen-bond donors (Lipinski definition) is 1. The minimum absolute atomic E-state index is 0.168. The highest BCUT2D eigenvalue weighted by atomic mass is 16.4. The van der Waals surface area contributed by atoms with E-state index >= 15 is 0 Å². The number of ketones is 2. The maximum Gasteiger partial charge on any atom is 0.209 e. The minimum Gasteiger partial charge on any atom is -0.411 e. The van der Waals surface area contributed by atoms with Crippen molar-refractivity contribution in [2.24, 2.45) is 10.6 Å². The molecule has 0 spiro atoms. The zero-order valence-electron chi connectivity index (χ0n) is 7.13. The molecule has 0 aromatic heterocycles. The lowest BCUT2D eigenvalue weighted by Gasteiger charge is -2.27. The highest BCUT2D eigenvalue weighted by molar-refractivity contribution is 6.45. The van der Waals surface area contributed by atoms with Gasteiger partial charge in [-0.25, -0.2) is 0 Å². The first-order valence-electron chi connectivity index (χ1n) is 3.79. The molecule has 1 N–H and O–H groups in total. The summed E-state index contributed by atoms with van der Waals surface area (Å²) in [6, 6.07) is 0. The fourth-order valence-corrected chi connectivity index (χ4v) is 1.31. The Kier molecular flexibility index (Phi) is 2.00. The van der Waals surface area contributed by atoms with Crippen molar-refractivity contribution in [3.8, 4) is 0 Å². The van der Waals surface area contributed by atoms with Gasteiger partial charge in [0.1, 0.15) is 0 Å². The summed E-state index contributed by atoms with van der Waals surface area (Å²) in [7, 11) is 0. The normalized spacial score (nSPS) is 26.3. The van der Waals surface area contributed by atoms with Crippen molar-refractivity contribution >= 4 is 17.3 Å². The van der Waals surface area contributed by atoms with Crippen molar-refractivity contribution in [3.63, 3.8) is 0 Å². The van der Waals surface area contributed by atoms with Crippen molar-refractivity contribution in [1.29, 1.82) is 0 Å². The van der Waals surface area contributed by atoms with Crippen LogP contribution in [-0.2, 0) is 9.59 Å². The number of carbonyl (C=O) groups is 2. The Balaban J connectivity index is 3.04. The molecule has 1 aliphatic carbocycles. The lowest BCUT2D eigenvalue weighted by molar-refractivity contribution is -0.140. The van der Waals surface area contributed by atoms with E-state index in [2.05, 4.69) is 5.16 Å². The lowest BCUT2D eigenvalue weighted by Crippen LogP contribution is -2.42. The first-order valence-corrected chi connectivity index (χ1v) is 3.79. The van der Waals surface area contributed by atoms with Gasteiger partial charge in [0, 0.05) is 6.42 Å². The molecule has 4 nitrogen and oxygen atoms in total. The van der Waals surface area contributed by atoms with Crippen molar-refractivity contribution in [3.05, 3.63) is 0 Å². The van der Waals surface area contributed by atoms with Crippen LogP contribution in [0.4, 0.5) is 0 Å². The van der Waals surface area contributed by atoms with Gasteiger partial charge < -0.3 is 5.21 Å². The number of hydrogen-bond acceptors (Lipinski definition) is 4. The lowest BCUT2D eigenvalue weighted by atomic mass is 9.74. The summed E-state index contributed by atoms with van der Waals surface area (Å²) in [4.78, 5) is 22.3. The van der Waals surface area contributed by atoms with Crippen LogP contribution in [0.2, 0.25) is 0 Å². The van der Waals surface area contributed by atoms with Crippen LogP contribution in [0.3, 0.4) is 0 Å². The molecule has 0 amide bonds. The monoisotopic (exact) mass is 169 g/mol. The van der Waals surface area contributed by atoms with Crippen LogP contribution >= 0.6 is 0 Å². The Labute approximate surface area is 70.3 Å². The fraction of sp³-hybridized carbons (Fsp3) is 0.625. The van der Waals surface area contributed by atoms with Crippen molar-refractivity contribution < 1.29 is 14.8 Å². The Morgan fingerprint density at radius 2 is 1.92 bits per heavy atom. The van der Waals surface area contributed by atoms with Gasteiger partial charge in [0.05, 0.1) is 11.1 Å². The quantitative estimate of drug-likeness (QED) is 0.331. The van der Waals surface area contributed by atoms with Crippen molar-refractivity contribution in [2.45, 2.75) is 26.7 Å². The third-order valence-corrected chi connectivity index (χ3v) is 2.25. The minimum atomic E-state index is -0.913. The van der Waals surface area contributed by atoms with E-state index in [1.165, 1.54) is 0 Å². The maximum atomic E-state index is 11.3.